The van der Waals surface area contributed by atoms with Crippen LogP contribution in [-0.4, -0.2) is 53.9 Å². The zero-order valence-corrected chi connectivity index (χ0v) is 18.2. The third-order valence-electron chi connectivity index (χ3n) is 5.06. The van der Waals surface area contributed by atoms with E-state index in [-0.39, 0.29) is 16.4 Å². The van der Waals surface area contributed by atoms with Gasteiger partial charge in [-0.15, -0.1) is 0 Å². The smallest absolute Gasteiger partial charge is 0.183 e. The highest BCUT2D eigenvalue weighted by atomic mass is 32.2. The Morgan fingerprint density at radius 3 is 2.28 bits per heavy atom. The number of aryl methyl sites for hydroxylation is 1. The Balaban J connectivity index is 1.83. The molecule has 0 aromatic heterocycles. The van der Waals surface area contributed by atoms with Crippen LogP contribution in [0.3, 0.4) is 0 Å². The molecule has 1 aliphatic heterocycles. The number of sulfone groups is 2. The first-order chi connectivity index (χ1) is 13.7. The van der Waals surface area contributed by atoms with Gasteiger partial charge in [-0.25, -0.2) is 16.8 Å². The summed E-state index contributed by atoms with van der Waals surface area (Å²) < 4.78 is 61.2. The zero-order chi connectivity index (χ0) is 21.2. The van der Waals surface area contributed by atoms with Gasteiger partial charge in [0.15, 0.2) is 31.2 Å². The Labute approximate surface area is 171 Å². The first-order valence-electron chi connectivity index (χ1n) is 9.11. The maximum Gasteiger partial charge on any atom is 0.183 e. The summed E-state index contributed by atoms with van der Waals surface area (Å²) in [6.45, 7) is 2.17. The van der Waals surface area contributed by atoms with Crippen molar-refractivity contribution in [2.45, 2.75) is 29.7 Å². The lowest BCUT2D eigenvalue weighted by Gasteiger charge is -2.20. The van der Waals surface area contributed by atoms with Crippen LogP contribution in [0, 0.1) is 6.92 Å². The largest absolute Gasteiger partial charge is 0.493 e. The lowest BCUT2D eigenvalue weighted by molar-refractivity contribution is 0.354. The van der Waals surface area contributed by atoms with E-state index in [1.54, 1.807) is 31.4 Å². The molecule has 158 valence electrons. The molecule has 0 bridgehead atoms. The molecule has 2 atom stereocenters. The van der Waals surface area contributed by atoms with Crippen molar-refractivity contribution in [1.29, 1.82) is 0 Å². The summed E-state index contributed by atoms with van der Waals surface area (Å²) >= 11 is 0. The fraction of sp³-hybridized carbons (Fsp3) is 0.400. The molecule has 0 amide bonds. The van der Waals surface area contributed by atoms with Crippen LogP contribution in [0.5, 0.6) is 11.5 Å². The van der Waals surface area contributed by atoms with E-state index < -0.39 is 31.0 Å². The highest BCUT2D eigenvalue weighted by molar-refractivity contribution is 7.96. The molecule has 1 fully saturated rings. The minimum atomic E-state index is -3.79. The van der Waals surface area contributed by atoms with Gasteiger partial charge >= 0.3 is 0 Å². The van der Waals surface area contributed by atoms with Crippen molar-refractivity contribution in [2.24, 2.45) is 0 Å². The third kappa shape index (κ3) is 4.73. The van der Waals surface area contributed by atoms with Gasteiger partial charge in [0.25, 0.3) is 0 Å². The lowest BCUT2D eigenvalue weighted by atomic mass is 10.1. The minimum Gasteiger partial charge on any atom is -0.493 e. The van der Waals surface area contributed by atoms with Gasteiger partial charge in [0.1, 0.15) is 0 Å². The Morgan fingerprint density at radius 1 is 1.00 bits per heavy atom. The van der Waals surface area contributed by atoms with Crippen LogP contribution in [0.2, 0.25) is 0 Å². The van der Waals surface area contributed by atoms with Crippen molar-refractivity contribution >= 4 is 19.7 Å². The Morgan fingerprint density at radius 2 is 1.66 bits per heavy atom. The van der Waals surface area contributed by atoms with E-state index >= 15 is 0 Å². The molecule has 1 heterocycles. The molecule has 9 heteroatoms. The summed E-state index contributed by atoms with van der Waals surface area (Å²) in [4.78, 5) is 0.142. The van der Waals surface area contributed by atoms with E-state index in [4.69, 9.17) is 9.47 Å². The number of methoxy groups -OCH3 is 2. The van der Waals surface area contributed by atoms with Crippen molar-refractivity contribution in [3.05, 3.63) is 53.6 Å². The number of benzene rings is 2. The molecule has 0 radical (unpaired) electrons. The molecule has 0 saturated carbocycles. The molecule has 1 aliphatic rings. The summed E-state index contributed by atoms with van der Waals surface area (Å²) in [5.74, 6) is 0.539. The van der Waals surface area contributed by atoms with Gasteiger partial charge in [-0.2, -0.15) is 0 Å². The van der Waals surface area contributed by atoms with Gasteiger partial charge < -0.3 is 14.8 Å². The van der Waals surface area contributed by atoms with Crippen LogP contribution in [0.4, 0.5) is 0 Å². The van der Waals surface area contributed by atoms with Crippen LogP contribution in [-0.2, 0) is 26.2 Å². The van der Waals surface area contributed by atoms with Crippen molar-refractivity contribution in [2.75, 3.05) is 25.7 Å². The number of nitrogens with one attached hydrogen (secondary N) is 1. The van der Waals surface area contributed by atoms with Gasteiger partial charge in [0.05, 0.1) is 35.9 Å². The fourth-order valence-corrected chi connectivity index (χ4v) is 8.17. The maximum atomic E-state index is 13.1. The van der Waals surface area contributed by atoms with Gasteiger partial charge in [-0.05, 0) is 36.8 Å². The lowest BCUT2D eigenvalue weighted by Crippen LogP contribution is -2.43. The van der Waals surface area contributed by atoms with E-state index in [1.165, 1.54) is 19.2 Å². The second kappa shape index (κ2) is 8.33. The third-order valence-corrected chi connectivity index (χ3v) is 9.23. The van der Waals surface area contributed by atoms with E-state index in [0.717, 1.165) is 11.1 Å². The summed E-state index contributed by atoms with van der Waals surface area (Å²) in [6, 6.07) is 11.1. The zero-order valence-electron chi connectivity index (χ0n) is 16.6. The highest BCUT2D eigenvalue weighted by Gasteiger charge is 2.45. The topological polar surface area (TPSA) is 98.8 Å². The van der Waals surface area contributed by atoms with E-state index in [2.05, 4.69) is 5.32 Å². The van der Waals surface area contributed by atoms with Crippen molar-refractivity contribution in [1.82, 2.24) is 5.32 Å². The van der Waals surface area contributed by atoms with Crippen LogP contribution < -0.4 is 14.8 Å². The first kappa shape index (κ1) is 21.6. The number of hydrogen-bond donors (Lipinski definition) is 1. The first-order valence-corrected chi connectivity index (χ1v) is 12.5. The molecule has 29 heavy (non-hydrogen) atoms. The number of hydrogen-bond acceptors (Lipinski definition) is 7. The summed E-state index contributed by atoms with van der Waals surface area (Å²) in [7, 11) is -4.18. The second-order valence-corrected chi connectivity index (χ2v) is 11.5. The normalized spacial score (nSPS) is 21.1. The Kier molecular flexibility index (Phi) is 6.21. The average molecular weight is 440 g/mol. The van der Waals surface area contributed by atoms with E-state index in [0.29, 0.717) is 18.0 Å². The molecule has 3 rings (SSSR count). The SMILES string of the molecule is COc1ccc(CNC2CS(=O)(=O)CC2S(=O)(=O)c2ccc(C)cc2)cc1OC. The molecular weight excluding hydrogens is 414 g/mol. The molecule has 2 aromatic rings. The summed E-state index contributed by atoms with van der Waals surface area (Å²) in [5, 5.41) is 2.09. The molecule has 0 aliphatic carbocycles. The van der Waals surface area contributed by atoms with Gasteiger partial charge in [0.2, 0.25) is 0 Å². The highest BCUT2D eigenvalue weighted by Crippen LogP contribution is 2.29. The van der Waals surface area contributed by atoms with Crippen LogP contribution in [0.1, 0.15) is 11.1 Å². The monoisotopic (exact) mass is 439 g/mol. The molecule has 2 unspecified atom stereocenters. The molecule has 1 N–H and O–H groups in total. The molecule has 0 spiro atoms. The fourth-order valence-electron chi connectivity index (χ4n) is 3.45. The van der Waals surface area contributed by atoms with Crippen LogP contribution in [0.25, 0.3) is 0 Å². The molecule has 1 saturated heterocycles. The summed E-state index contributed by atoms with van der Waals surface area (Å²) in [5.41, 5.74) is 1.77. The Hall–Kier alpha value is -2.10. The number of rotatable bonds is 7. The number of ether oxygens (including phenoxy) is 2. The van der Waals surface area contributed by atoms with Crippen LogP contribution in [0.15, 0.2) is 47.4 Å². The van der Waals surface area contributed by atoms with Crippen molar-refractivity contribution in [3.8, 4) is 11.5 Å². The average Bonchev–Trinajstić information content (AvgIpc) is 3.01. The predicted octanol–water partition coefficient (Wildman–Crippen LogP) is 1.74. The van der Waals surface area contributed by atoms with Gasteiger partial charge in [-0.1, -0.05) is 23.8 Å². The van der Waals surface area contributed by atoms with Crippen molar-refractivity contribution < 1.29 is 26.3 Å². The van der Waals surface area contributed by atoms with Gasteiger partial charge in [-0.3, -0.25) is 0 Å². The molecule has 7 nitrogen and oxygen atoms in total. The van der Waals surface area contributed by atoms with Crippen molar-refractivity contribution in [3.63, 3.8) is 0 Å². The Bertz CT molecular complexity index is 1080. The quantitative estimate of drug-likeness (QED) is 0.702. The minimum absolute atomic E-state index is 0.142. The standard InChI is InChI=1S/C20H25NO6S2/c1-14-4-7-16(8-5-14)29(24,25)20-13-28(22,23)12-17(20)21-11-15-6-9-18(26-2)19(10-15)27-3/h4-10,17,20-21H,11-13H2,1-3H3. The summed E-state index contributed by atoms with van der Waals surface area (Å²) in [6.07, 6.45) is 0. The predicted molar refractivity (Wildman–Crippen MR) is 111 cm³/mol. The maximum absolute atomic E-state index is 13.1. The molecular formula is C20H25NO6S2. The van der Waals surface area contributed by atoms with E-state index in [9.17, 15) is 16.8 Å². The van der Waals surface area contributed by atoms with Crippen LogP contribution >= 0.6 is 0 Å². The second-order valence-electron chi connectivity index (χ2n) is 7.15. The van der Waals surface area contributed by atoms with Gasteiger partial charge in [0, 0.05) is 12.6 Å². The molecule has 2 aromatic carbocycles. The van der Waals surface area contributed by atoms with E-state index in [1.807, 2.05) is 13.0 Å².